The summed E-state index contributed by atoms with van der Waals surface area (Å²) in [5.74, 6) is 0. The molecule has 2 aliphatic rings. The van der Waals surface area contributed by atoms with Crippen LogP contribution in [0.2, 0.25) is 0 Å². The van der Waals surface area contributed by atoms with Crippen molar-refractivity contribution in [2.45, 2.75) is 19.4 Å². The Morgan fingerprint density at radius 2 is 1.62 bits per heavy atom. The number of fused-ring (bicyclic) bond motifs is 2. The van der Waals surface area contributed by atoms with Crippen LogP contribution in [-0.4, -0.2) is 0 Å². The van der Waals surface area contributed by atoms with Gasteiger partial charge in [0, 0.05) is 34.5 Å². The van der Waals surface area contributed by atoms with Gasteiger partial charge in [-0.3, -0.25) is 0 Å². The molecule has 0 bridgehead atoms. The summed E-state index contributed by atoms with van der Waals surface area (Å²) in [7, 11) is 0. The van der Waals surface area contributed by atoms with Crippen LogP contribution < -0.4 is 9.80 Å². The fraction of sp³-hybridized carbons (Fsp3) is 0.0811. The predicted molar refractivity (Wildman–Crippen MR) is 171 cm³/mol. The summed E-state index contributed by atoms with van der Waals surface area (Å²) in [5, 5.41) is 0. The summed E-state index contributed by atoms with van der Waals surface area (Å²) >= 11 is 0. The van der Waals surface area contributed by atoms with Crippen LogP contribution >= 0.6 is 0 Å². The fourth-order valence-corrected chi connectivity index (χ4v) is 4.70. The summed E-state index contributed by atoms with van der Waals surface area (Å²) in [6, 6.07) is 17.2. The fourth-order valence-electron chi connectivity index (χ4n) is 4.70. The smallest absolute Gasteiger partial charge is 0.0793 e. The Morgan fingerprint density at radius 3 is 2.41 bits per heavy atom. The Kier molecular flexibility index (Phi) is 9.52. The van der Waals surface area contributed by atoms with Gasteiger partial charge in [0.25, 0.3) is 0 Å². The van der Waals surface area contributed by atoms with Gasteiger partial charge in [-0.15, -0.1) is 0 Å². The molecule has 0 saturated heterocycles. The van der Waals surface area contributed by atoms with Gasteiger partial charge in [-0.2, -0.15) is 0 Å². The molecule has 0 radical (unpaired) electrons. The van der Waals surface area contributed by atoms with Crippen molar-refractivity contribution in [1.82, 2.24) is 0 Å². The molecule has 2 aliphatic heterocycles. The first-order valence-electron chi connectivity index (χ1n) is 13.3. The number of rotatable bonds is 9. The standard InChI is InChI=1S/C37H36N2/c1-5-8-12-26-36-34-24-16-18-27-37(34)38(36)29-31(20-9-6-2)28-33(23-10-7-3)39-30(4)19-13-11-14-21-32-22-15-17-25-35(32)39/h5-20,22-29,36H,2-4,21H2,1H3/b8-5-,14-11-,19-13-,20-9-,23-10-,26-12-,31-29+,33-28-. The summed E-state index contributed by atoms with van der Waals surface area (Å²) in [6.07, 6.45) is 33.7. The lowest BCUT2D eigenvalue weighted by molar-refractivity contribution is 0.763. The Balaban J connectivity index is 1.86. The molecule has 0 N–H and O–H groups in total. The Labute approximate surface area is 234 Å². The summed E-state index contributed by atoms with van der Waals surface area (Å²) in [5.41, 5.74) is 7.75. The lowest BCUT2D eigenvalue weighted by atomic mass is 9.92. The quantitative estimate of drug-likeness (QED) is 0.311. The summed E-state index contributed by atoms with van der Waals surface area (Å²) in [6.45, 7) is 14.3. The minimum absolute atomic E-state index is 0.167. The van der Waals surface area contributed by atoms with Crippen molar-refractivity contribution < 1.29 is 0 Å². The van der Waals surface area contributed by atoms with Crippen LogP contribution in [0.25, 0.3) is 0 Å². The first-order chi connectivity index (χ1) is 19.2. The molecule has 2 nitrogen and oxygen atoms in total. The van der Waals surface area contributed by atoms with E-state index in [0.717, 1.165) is 29.1 Å². The minimum Gasteiger partial charge on any atom is -0.336 e. The highest BCUT2D eigenvalue weighted by Crippen LogP contribution is 2.44. The molecule has 2 heterocycles. The van der Waals surface area contributed by atoms with Gasteiger partial charge in [0.1, 0.15) is 0 Å². The monoisotopic (exact) mass is 508 g/mol. The van der Waals surface area contributed by atoms with Crippen molar-refractivity contribution >= 4 is 11.4 Å². The third kappa shape index (κ3) is 6.55. The van der Waals surface area contributed by atoms with Gasteiger partial charge in [0.15, 0.2) is 0 Å². The first kappa shape index (κ1) is 27.2. The number of hydrogen-bond acceptors (Lipinski definition) is 2. The maximum Gasteiger partial charge on any atom is 0.0793 e. The van der Waals surface area contributed by atoms with Gasteiger partial charge in [0.2, 0.25) is 0 Å². The van der Waals surface area contributed by atoms with Crippen molar-refractivity contribution in [1.29, 1.82) is 0 Å². The van der Waals surface area contributed by atoms with E-state index in [0.29, 0.717) is 0 Å². The molecular formula is C37H36N2. The number of para-hydroxylation sites is 2. The molecule has 2 aromatic carbocycles. The zero-order valence-electron chi connectivity index (χ0n) is 22.7. The largest absolute Gasteiger partial charge is 0.336 e. The normalized spacial score (nSPS) is 19.5. The van der Waals surface area contributed by atoms with Crippen LogP contribution in [0.4, 0.5) is 11.4 Å². The number of benzene rings is 2. The second-order valence-corrected chi connectivity index (χ2v) is 9.16. The molecule has 0 aromatic heterocycles. The third-order valence-corrected chi connectivity index (χ3v) is 6.51. The van der Waals surface area contributed by atoms with Gasteiger partial charge in [0.05, 0.1) is 6.04 Å². The van der Waals surface area contributed by atoms with Crippen molar-refractivity contribution in [2.75, 3.05) is 9.80 Å². The minimum atomic E-state index is 0.167. The van der Waals surface area contributed by atoms with Crippen LogP contribution in [0.5, 0.6) is 0 Å². The van der Waals surface area contributed by atoms with E-state index >= 15 is 0 Å². The van der Waals surface area contributed by atoms with E-state index in [2.05, 4.69) is 133 Å². The van der Waals surface area contributed by atoms with Gasteiger partial charge in [-0.1, -0.05) is 129 Å². The van der Waals surface area contributed by atoms with Crippen LogP contribution in [0.15, 0.2) is 183 Å². The van der Waals surface area contributed by atoms with E-state index in [1.165, 1.54) is 16.8 Å². The van der Waals surface area contributed by atoms with E-state index in [-0.39, 0.29) is 6.04 Å². The number of hydrogen-bond donors (Lipinski definition) is 0. The van der Waals surface area contributed by atoms with Crippen molar-refractivity contribution in [2.24, 2.45) is 0 Å². The zero-order chi connectivity index (χ0) is 27.5. The van der Waals surface area contributed by atoms with Crippen molar-refractivity contribution in [3.63, 3.8) is 0 Å². The number of allylic oxidation sites excluding steroid dienone is 15. The Bertz CT molecular complexity index is 1450. The molecule has 4 rings (SSSR count). The van der Waals surface area contributed by atoms with E-state index in [9.17, 15) is 0 Å². The van der Waals surface area contributed by atoms with E-state index < -0.39 is 0 Å². The first-order valence-corrected chi connectivity index (χ1v) is 13.3. The summed E-state index contributed by atoms with van der Waals surface area (Å²) < 4.78 is 0. The van der Waals surface area contributed by atoms with E-state index in [1.807, 2.05) is 37.3 Å². The van der Waals surface area contributed by atoms with E-state index in [4.69, 9.17) is 0 Å². The van der Waals surface area contributed by atoms with Crippen LogP contribution in [-0.2, 0) is 6.42 Å². The topological polar surface area (TPSA) is 6.48 Å². The van der Waals surface area contributed by atoms with Crippen molar-refractivity contribution in [3.05, 3.63) is 194 Å². The van der Waals surface area contributed by atoms with Crippen LogP contribution in [0, 0.1) is 0 Å². The second kappa shape index (κ2) is 13.6. The molecule has 194 valence electrons. The summed E-state index contributed by atoms with van der Waals surface area (Å²) in [4.78, 5) is 4.52. The number of anilines is 2. The van der Waals surface area contributed by atoms with Gasteiger partial charge in [-0.05, 0) is 54.8 Å². The predicted octanol–water partition coefficient (Wildman–Crippen LogP) is 9.62. The zero-order valence-corrected chi connectivity index (χ0v) is 22.7. The lowest BCUT2D eigenvalue weighted by Crippen LogP contribution is -2.32. The average Bonchev–Trinajstić information content (AvgIpc) is 3.03. The molecule has 39 heavy (non-hydrogen) atoms. The van der Waals surface area contributed by atoms with Gasteiger partial charge in [-0.25, -0.2) is 0 Å². The van der Waals surface area contributed by atoms with Crippen LogP contribution in [0.3, 0.4) is 0 Å². The highest BCUT2D eigenvalue weighted by Gasteiger charge is 2.30. The maximum atomic E-state index is 4.43. The molecule has 0 saturated carbocycles. The van der Waals surface area contributed by atoms with Gasteiger partial charge < -0.3 is 9.80 Å². The maximum absolute atomic E-state index is 4.43. The molecule has 2 aromatic rings. The molecule has 0 spiro atoms. The highest BCUT2D eigenvalue weighted by atomic mass is 15.2. The lowest BCUT2D eigenvalue weighted by Gasteiger charge is -2.41. The van der Waals surface area contributed by atoms with E-state index in [1.54, 1.807) is 12.2 Å². The highest BCUT2D eigenvalue weighted by molar-refractivity contribution is 5.72. The third-order valence-electron chi connectivity index (χ3n) is 6.51. The van der Waals surface area contributed by atoms with Crippen molar-refractivity contribution in [3.8, 4) is 0 Å². The van der Waals surface area contributed by atoms with Gasteiger partial charge >= 0.3 is 0 Å². The van der Waals surface area contributed by atoms with Crippen LogP contribution in [0.1, 0.15) is 24.1 Å². The number of nitrogens with zero attached hydrogens (tertiary/aromatic N) is 2. The molecular weight excluding hydrogens is 472 g/mol. The molecule has 1 atom stereocenters. The molecule has 0 aliphatic carbocycles. The SMILES string of the molecule is C=C\C=C/C(=C/C(/C=C\C=C)=C/N1c2ccccc2C1/C=C\C=C/C)N1C(=C)/C=C\C=C/Cc2ccccc21. The molecule has 1 unspecified atom stereocenters. The molecule has 2 heteroatoms. The molecule has 0 amide bonds. The second-order valence-electron chi connectivity index (χ2n) is 9.16. The average molecular weight is 509 g/mol. The Hall–Kier alpha value is -4.82. The Morgan fingerprint density at radius 1 is 0.872 bits per heavy atom. The molecule has 0 fully saturated rings.